The zero-order valence-electron chi connectivity index (χ0n) is 9.66. The van der Waals surface area contributed by atoms with Gasteiger partial charge in [-0.05, 0) is 17.7 Å². The number of carbonyl (C=O) groups excluding carboxylic acids is 1. The van der Waals surface area contributed by atoms with Crippen molar-refractivity contribution in [3.05, 3.63) is 35.4 Å². The quantitative estimate of drug-likeness (QED) is 0.663. The van der Waals surface area contributed by atoms with Crippen LogP contribution in [0.15, 0.2) is 28.6 Å². The summed E-state index contributed by atoms with van der Waals surface area (Å²) in [5, 5.41) is 19.2. The van der Waals surface area contributed by atoms with Crippen molar-refractivity contribution in [2.75, 3.05) is 5.32 Å². The molecule has 0 aliphatic heterocycles. The minimum atomic E-state index is -0.653. The number of benzene rings is 1. The molecule has 0 aliphatic carbocycles. The normalized spacial score (nSPS) is 9.84. The summed E-state index contributed by atoms with van der Waals surface area (Å²) in [6, 6.07) is 8.76. The van der Waals surface area contributed by atoms with E-state index in [1.807, 2.05) is 12.1 Å². The minimum absolute atomic E-state index is 0.384. The third-order valence-corrected chi connectivity index (χ3v) is 4.13. The first-order chi connectivity index (χ1) is 9.17. The standard InChI is InChI=1S/C11H9N5OS2/c12-5-7-1-3-8(4-2-7)6-18-11-16-15-10(19-11)14-9(13)17/h1-4H,6H2,(H3,13,14,15,17). The summed E-state index contributed by atoms with van der Waals surface area (Å²) in [4.78, 5) is 10.6. The van der Waals surface area contributed by atoms with E-state index in [1.165, 1.54) is 23.1 Å². The Morgan fingerprint density at radius 1 is 1.42 bits per heavy atom. The summed E-state index contributed by atoms with van der Waals surface area (Å²) >= 11 is 2.77. The Kier molecular flexibility index (Phi) is 4.33. The van der Waals surface area contributed by atoms with Crippen LogP contribution in [0.4, 0.5) is 9.93 Å². The van der Waals surface area contributed by atoms with E-state index in [-0.39, 0.29) is 0 Å². The van der Waals surface area contributed by atoms with E-state index in [9.17, 15) is 4.79 Å². The van der Waals surface area contributed by atoms with Crippen LogP contribution in [0.25, 0.3) is 0 Å². The molecule has 2 amide bonds. The fraction of sp³-hybridized carbons (Fsp3) is 0.0909. The number of nitrogens with one attached hydrogen (secondary N) is 1. The molecule has 1 heterocycles. The first kappa shape index (κ1) is 13.3. The Hall–Kier alpha value is -2.11. The van der Waals surface area contributed by atoms with Crippen LogP contribution in [0, 0.1) is 11.3 Å². The van der Waals surface area contributed by atoms with Crippen LogP contribution in [-0.2, 0) is 5.75 Å². The van der Waals surface area contributed by atoms with Gasteiger partial charge < -0.3 is 5.73 Å². The maximum absolute atomic E-state index is 10.6. The molecule has 3 N–H and O–H groups in total. The van der Waals surface area contributed by atoms with Crippen LogP contribution in [0.3, 0.4) is 0 Å². The summed E-state index contributed by atoms with van der Waals surface area (Å²) in [6.07, 6.45) is 0. The lowest BCUT2D eigenvalue weighted by Gasteiger charge is -1.98. The molecule has 96 valence electrons. The van der Waals surface area contributed by atoms with Crippen molar-refractivity contribution in [3.63, 3.8) is 0 Å². The second-order valence-electron chi connectivity index (χ2n) is 3.46. The van der Waals surface area contributed by atoms with E-state index in [0.29, 0.717) is 10.7 Å². The predicted molar refractivity (Wildman–Crippen MR) is 73.8 cm³/mol. The van der Waals surface area contributed by atoms with Gasteiger partial charge in [-0.15, -0.1) is 10.2 Å². The fourth-order valence-corrected chi connectivity index (χ4v) is 2.96. The molecule has 0 radical (unpaired) electrons. The number of aromatic nitrogens is 2. The van der Waals surface area contributed by atoms with Crippen molar-refractivity contribution in [2.45, 2.75) is 10.1 Å². The van der Waals surface area contributed by atoms with E-state index in [0.717, 1.165) is 15.7 Å². The number of carbonyl (C=O) groups is 1. The molecule has 0 saturated heterocycles. The highest BCUT2D eigenvalue weighted by molar-refractivity contribution is 8.00. The number of urea groups is 1. The van der Waals surface area contributed by atoms with Crippen molar-refractivity contribution in [1.82, 2.24) is 10.2 Å². The lowest BCUT2D eigenvalue weighted by Crippen LogP contribution is -2.18. The SMILES string of the molecule is N#Cc1ccc(CSc2nnc(NC(N)=O)s2)cc1. The second-order valence-corrected chi connectivity index (χ2v) is 5.66. The topological polar surface area (TPSA) is 105 Å². The zero-order chi connectivity index (χ0) is 13.7. The smallest absolute Gasteiger partial charge is 0.318 e. The highest BCUT2D eigenvalue weighted by atomic mass is 32.2. The van der Waals surface area contributed by atoms with Gasteiger partial charge in [-0.2, -0.15) is 5.26 Å². The van der Waals surface area contributed by atoms with Gasteiger partial charge in [-0.25, -0.2) is 4.79 Å². The van der Waals surface area contributed by atoms with Crippen molar-refractivity contribution >= 4 is 34.3 Å². The number of rotatable bonds is 4. The number of hydrogen-bond donors (Lipinski definition) is 2. The third kappa shape index (κ3) is 3.94. The van der Waals surface area contributed by atoms with Gasteiger partial charge in [-0.1, -0.05) is 35.2 Å². The highest BCUT2D eigenvalue weighted by Crippen LogP contribution is 2.28. The van der Waals surface area contributed by atoms with Gasteiger partial charge in [0, 0.05) is 5.75 Å². The van der Waals surface area contributed by atoms with E-state index in [1.54, 1.807) is 12.1 Å². The molecule has 0 saturated carbocycles. The number of nitrogens with zero attached hydrogens (tertiary/aromatic N) is 3. The van der Waals surface area contributed by atoms with Gasteiger partial charge in [0.2, 0.25) is 5.13 Å². The van der Waals surface area contributed by atoms with E-state index in [4.69, 9.17) is 11.0 Å². The van der Waals surface area contributed by atoms with Crippen molar-refractivity contribution in [2.24, 2.45) is 5.73 Å². The Morgan fingerprint density at radius 3 is 2.79 bits per heavy atom. The summed E-state index contributed by atoms with van der Waals surface area (Å²) in [6.45, 7) is 0. The number of anilines is 1. The molecule has 2 aromatic rings. The lowest BCUT2D eigenvalue weighted by molar-refractivity contribution is 0.259. The van der Waals surface area contributed by atoms with Crippen LogP contribution in [0.5, 0.6) is 0 Å². The van der Waals surface area contributed by atoms with Gasteiger partial charge in [0.1, 0.15) is 0 Å². The van der Waals surface area contributed by atoms with Crippen LogP contribution in [-0.4, -0.2) is 16.2 Å². The Balaban J connectivity index is 1.92. The minimum Gasteiger partial charge on any atom is -0.351 e. The maximum atomic E-state index is 10.6. The maximum Gasteiger partial charge on any atom is 0.318 e. The van der Waals surface area contributed by atoms with Crippen molar-refractivity contribution in [1.29, 1.82) is 5.26 Å². The first-order valence-corrected chi connectivity index (χ1v) is 6.99. The average molecular weight is 291 g/mol. The van der Waals surface area contributed by atoms with Gasteiger partial charge in [0.15, 0.2) is 4.34 Å². The molecule has 0 atom stereocenters. The molecule has 2 rings (SSSR count). The summed E-state index contributed by atoms with van der Waals surface area (Å²) in [5.41, 5.74) is 6.71. The van der Waals surface area contributed by atoms with Gasteiger partial charge in [-0.3, -0.25) is 5.32 Å². The van der Waals surface area contributed by atoms with Crippen LogP contribution in [0.1, 0.15) is 11.1 Å². The molecule has 0 bridgehead atoms. The lowest BCUT2D eigenvalue weighted by atomic mass is 10.2. The summed E-state index contributed by atoms with van der Waals surface area (Å²) < 4.78 is 0.744. The largest absolute Gasteiger partial charge is 0.351 e. The Morgan fingerprint density at radius 2 is 2.16 bits per heavy atom. The molecular weight excluding hydrogens is 282 g/mol. The molecule has 8 heteroatoms. The number of nitriles is 1. The monoisotopic (exact) mass is 291 g/mol. The van der Waals surface area contributed by atoms with Gasteiger partial charge >= 0.3 is 6.03 Å². The number of thioether (sulfide) groups is 1. The summed E-state index contributed by atoms with van der Waals surface area (Å²) in [5.74, 6) is 0.719. The highest BCUT2D eigenvalue weighted by Gasteiger charge is 2.06. The van der Waals surface area contributed by atoms with Crippen LogP contribution < -0.4 is 11.1 Å². The molecular formula is C11H9N5OS2. The number of primary amides is 1. The third-order valence-electron chi connectivity index (χ3n) is 2.08. The molecule has 1 aromatic heterocycles. The number of nitrogens with two attached hydrogens (primary N) is 1. The molecule has 6 nitrogen and oxygen atoms in total. The molecule has 19 heavy (non-hydrogen) atoms. The van der Waals surface area contributed by atoms with Gasteiger partial charge in [0.05, 0.1) is 11.6 Å². The van der Waals surface area contributed by atoms with Crippen LogP contribution >= 0.6 is 23.1 Å². The van der Waals surface area contributed by atoms with Crippen LogP contribution in [0.2, 0.25) is 0 Å². The number of hydrogen-bond acceptors (Lipinski definition) is 6. The predicted octanol–water partition coefficient (Wildman–Crippen LogP) is 2.19. The zero-order valence-corrected chi connectivity index (χ0v) is 11.3. The number of amides is 2. The molecule has 0 unspecified atom stereocenters. The Labute approximate surface area is 117 Å². The van der Waals surface area contributed by atoms with E-state index >= 15 is 0 Å². The van der Waals surface area contributed by atoms with E-state index < -0.39 is 6.03 Å². The molecule has 0 spiro atoms. The van der Waals surface area contributed by atoms with Crippen molar-refractivity contribution < 1.29 is 4.79 Å². The molecule has 0 fully saturated rings. The average Bonchev–Trinajstić information content (AvgIpc) is 2.84. The van der Waals surface area contributed by atoms with Crippen molar-refractivity contribution in [3.8, 4) is 6.07 Å². The Bertz CT molecular complexity index is 617. The molecule has 1 aromatic carbocycles. The molecule has 0 aliphatic rings. The van der Waals surface area contributed by atoms with E-state index in [2.05, 4.69) is 21.6 Å². The summed E-state index contributed by atoms with van der Waals surface area (Å²) in [7, 11) is 0. The fourth-order valence-electron chi connectivity index (χ4n) is 1.24. The first-order valence-electron chi connectivity index (χ1n) is 5.19. The van der Waals surface area contributed by atoms with Gasteiger partial charge in [0.25, 0.3) is 0 Å². The second kappa shape index (κ2) is 6.17.